The van der Waals surface area contributed by atoms with E-state index in [-0.39, 0.29) is 25.7 Å². The molecule has 17 nitrogen and oxygen atoms in total. The molecule has 0 radical (unpaired) electrons. The summed E-state index contributed by atoms with van der Waals surface area (Å²) in [7, 11) is -9.96. The fourth-order valence-corrected chi connectivity index (χ4v) is 11.5. The van der Waals surface area contributed by atoms with E-state index in [0.29, 0.717) is 32.1 Å². The molecule has 5 unspecified atom stereocenters. The van der Waals surface area contributed by atoms with Crippen molar-refractivity contribution in [3.05, 3.63) is 97.2 Å². The van der Waals surface area contributed by atoms with Crippen LogP contribution in [-0.4, -0.2) is 96.7 Å². The third-order valence-electron chi connectivity index (χ3n) is 15.6. The number of allylic oxidation sites excluding steroid dienone is 16. The summed E-state index contributed by atoms with van der Waals surface area (Å²) in [5.74, 6) is -2.25. The molecule has 0 bridgehead atoms. The second-order valence-electron chi connectivity index (χ2n) is 24.8. The number of carbonyl (C=O) groups excluding carboxylic acids is 4. The Kier molecular flexibility index (Phi) is 66.6. The fourth-order valence-electron chi connectivity index (χ4n) is 9.91. The van der Waals surface area contributed by atoms with Gasteiger partial charge in [0.05, 0.1) is 26.4 Å². The van der Waals surface area contributed by atoms with E-state index in [1.54, 1.807) is 0 Å². The normalized spacial score (nSPS) is 14.5. The molecule has 0 saturated carbocycles. The molecule has 3 N–H and O–H groups in total. The number of aliphatic hydroxyl groups is 1. The van der Waals surface area contributed by atoms with Gasteiger partial charge in [-0.05, 0) is 103 Å². The van der Waals surface area contributed by atoms with Crippen LogP contribution in [-0.2, 0) is 65.4 Å². The molecule has 0 aliphatic heterocycles. The highest BCUT2D eigenvalue weighted by atomic mass is 31.2. The van der Waals surface area contributed by atoms with Crippen LogP contribution in [0.15, 0.2) is 97.2 Å². The van der Waals surface area contributed by atoms with Gasteiger partial charge in [0, 0.05) is 25.7 Å². The zero-order chi connectivity index (χ0) is 70.4. The first-order valence-corrected chi connectivity index (χ1v) is 40.5. The molecule has 5 atom stereocenters. The molecular formula is C77H134O17P2. The summed E-state index contributed by atoms with van der Waals surface area (Å²) < 4.78 is 68.3. The first-order chi connectivity index (χ1) is 46.7. The third kappa shape index (κ3) is 68.5. The SMILES string of the molecule is CC/C=C\C/C=C\C/C=C\C/C=C\CCCCC(=O)OCC(COP(=O)(O)OCC(O)COP(=O)(O)OCC(COC(=O)CCCCCCCCCCCCCCC)OC(=O)CCCCCCCCCCCCCCC)OC(=O)CCCC/C=C\C/C=C\C/C=C\C/C=C\CC. The predicted molar refractivity (Wildman–Crippen MR) is 390 cm³/mol. The number of phosphoric acid groups is 2. The molecule has 0 fully saturated rings. The number of rotatable bonds is 70. The van der Waals surface area contributed by atoms with Gasteiger partial charge in [-0.25, -0.2) is 9.13 Å². The lowest BCUT2D eigenvalue weighted by atomic mass is 10.0. The molecule has 0 aromatic rings. The minimum atomic E-state index is -4.99. The summed E-state index contributed by atoms with van der Waals surface area (Å²) >= 11 is 0. The van der Waals surface area contributed by atoms with Crippen LogP contribution in [0.5, 0.6) is 0 Å². The van der Waals surface area contributed by atoms with E-state index in [9.17, 15) is 43.2 Å². The molecule has 0 saturated heterocycles. The van der Waals surface area contributed by atoms with Crippen LogP contribution in [0.2, 0.25) is 0 Å². The standard InChI is InChI=1S/C77H134O17P2/c1-5-9-13-17-21-25-29-33-35-39-42-46-50-54-58-62-75(80)88-68-73(94-77(82)64-60-56-52-48-44-40-36-34-30-26-22-18-14-10-6-2)70-92-96(85,86)90-66-71(78)65-89-95(83,84)91-69-72(93-76(81)63-59-55-51-47-43-38-32-28-24-20-16-12-8-4)67-87-74(79)61-57-53-49-45-41-37-31-27-23-19-15-11-7-3/h9-10,13-14,21-22,25-26,33-36,42,44,46,48,71-73,78H,5-8,11-12,15-20,23-24,27-32,37-41,43,45,47,49-70H2,1-4H3,(H,83,84)(H,85,86)/b13-9-,14-10-,25-21-,26-22-,35-33-,36-34-,46-42-,48-44-. The fraction of sp³-hybridized carbons (Fsp3) is 0.740. The molecule has 96 heavy (non-hydrogen) atoms. The number of aliphatic hydroxyl groups excluding tert-OH is 1. The Morgan fingerprint density at radius 2 is 0.542 bits per heavy atom. The molecule has 0 aromatic carbocycles. The van der Waals surface area contributed by atoms with Crippen molar-refractivity contribution in [2.75, 3.05) is 39.6 Å². The monoisotopic (exact) mass is 1390 g/mol. The summed E-state index contributed by atoms with van der Waals surface area (Å²) in [5, 5.41) is 10.6. The van der Waals surface area contributed by atoms with Crippen molar-refractivity contribution < 1.29 is 80.2 Å². The molecule has 554 valence electrons. The van der Waals surface area contributed by atoms with Gasteiger partial charge in [0.1, 0.15) is 19.3 Å². The van der Waals surface area contributed by atoms with E-state index in [2.05, 4.69) is 125 Å². The molecule has 0 aromatic heterocycles. The van der Waals surface area contributed by atoms with Gasteiger partial charge in [-0.3, -0.25) is 37.3 Å². The predicted octanol–water partition coefficient (Wildman–Crippen LogP) is 21.2. The van der Waals surface area contributed by atoms with Crippen molar-refractivity contribution in [3.8, 4) is 0 Å². The second-order valence-corrected chi connectivity index (χ2v) is 27.7. The molecule has 0 aliphatic rings. The summed E-state index contributed by atoms with van der Waals surface area (Å²) in [5.41, 5.74) is 0. The number of esters is 4. The van der Waals surface area contributed by atoms with Crippen molar-refractivity contribution in [1.29, 1.82) is 0 Å². The zero-order valence-electron chi connectivity index (χ0n) is 60.3. The number of phosphoric ester groups is 2. The summed E-state index contributed by atoms with van der Waals surface area (Å²) in [4.78, 5) is 72.7. The maximum atomic E-state index is 13.1. The first kappa shape index (κ1) is 92.0. The van der Waals surface area contributed by atoms with Crippen LogP contribution in [0.1, 0.15) is 310 Å². The van der Waals surface area contributed by atoms with Crippen LogP contribution in [0, 0.1) is 0 Å². The lowest BCUT2D eigenvalue weighted by Gasteiger charge is -2.21. The zero-order valence-corrected chi connectivity index (χ0v) is 62.1. The van der Waals surface area contributed by atoms with Crippen molar-refractivity contribution >= 4 is 39.5 Å². The number of hydrogen-bond donors (Lipinski definition) is 3. The summed E-state index contributed by atoms with van der Waals surface area (Å²) in [6, 6.07) is 0. The third-order valence-corrected chi connectivity index (χ3v) is 17.5. The highest BCUT2D eigenvalue weighted by molar-refractivity contribution is 7.47. The Morgan fingerprint density at radius 1 is 0.302 bits per heavy atom. The first-order valence-electron chi connectivity index (χ1n) is 37.5. The van der Waals surface area contributed by atoms with E-state index in [1.807, 2.05) is 0 Å². The highest BCUT2D eigenvalue weighted by Gasteiger charge is 2.30. The van der Waals surface area contributed by atoms with E-state index in [4.69, 9.17) is 37.0 Å². The quantitative estimate of drug-likeness (QED) is 0.0169. The Balaban J connectivity index is 5.40. The minimum Gasteiger partial charge on any atom is -0.462 e. The van der Waals surface area contributed by atoms with Gasteiger partial charge in [0.25, 0.3) is 0 Å². The van der Waals surface area contributed by atoms with Crippen LogP contribution >= 0.6 is 15.6 Å². The largest absolute Gasteiger partial charge is 0.472 e. The molecule has 0 amide bonds. The Bertz CT molecular complexity index is 2200. The molecule has 0 heterocycles. The van der Waals surface area contributed by atoms with Crippen LogP contribution in [0.3, 0.4) is 0 Å². The maximum absolute atomic E-state index is 13.1. The number of carbonyl (C=O) groups is 4. The van der Waals surface area contributed by atoms with Gasteiger partial charge in [0.2, 0.25) is 0 Å². The Morgan fingerprint density at radius 3 is 0.833 bits per heavy atom. The molecular weight excluding hydrogens is 1260 g/mol. The van der Waals surface area contributed by atoms with Crippen molar-refractivity contribution in [2.24, 2.45) is 0 Å². The van der Waals surface area contributed by atoms with Gasteiger partial charge in [-0.15, -0.1) is 0 Å². The van der Waals surface area contributed by atoms with E-state index < -0.39 is 97.5 Å². The smallest absolute Gasteiger partial charge is 0.462 e. The van der Waals surface area contributed by atoms with E-state index in [1.165, 1.54) is 109 Å². The van der Waals surface area contributed by atoms with E-state index >= 15 is 0 Å². The van der Waals surface area contributed by atoms with E-state index in [0.717, 1.165) is 116 Å². The molecule has 19 heteroatoms. The number of hydrogen-bond acceptors (Lipinski definition) is 15. The van der Waals surface area contributed by atoms with Crippen molar-refractivity contribution in [1.82, 2.24) is 0 Å². The molecule has 0 aliphatic carbocycles. The maximum Gasteiger partial charge on any atom is 0.472 e. The summed E-state index contributed by atoms with van der Waals surface area (Å²) in [6.45, 7) is 4.57. The van der Waals surface area contributed by atoms with Gasteiger partial charge in [-0.1, -0.05) is 279 Å². The Hall–Kier alpha value is -4.02. The molecule has 0 rings (SSSR count). The van der Waals surface area contributed by atoms with Crippen molar-refractivity contribution in [2.45, 2.75) is 329 Å². The minimum absolute atomic E-state index is 0.0333. The number of ether oxygens (including phenoxy) is 4. The molecule has 0 spiro atoms. The average Bonchev–Trinajstić information content (AvgIpc) is 1.36. The van der Waals surface area contributed by atoms with Crippen LogP contribution in [0.4, 0.5) is 0 Å². The lowest BCUT2D eigenvalue weighted by Crippen LogP contribution is -2.30. The second kappa shape index (κ2) is 69.5. The van der Waals surface area contributed by atoms with Crippen LogP contribution in [0.25, 0.3) is 0 Å². The average molecular weight is 1390 g/mol. The topological polar surface area (TPSA) is 237 Å². The number of unbranched alkanes of at least 4 members (excludes halogenated alkanes) is 28. The van der Waals surface area contributed by atoms with Gasteiger partial charge in [-0.2, -0.15) is 0 Å². The lowest BCUT2D eigenvalue weighted by molar-refractivity contribution is -0.161. The van der Waals surface area contributed by atoms with Gasteiger partial charge in [0.15, 0.2) is 12.2 Å². The van der Waals surface area contributed by atoms with Gasteiger partial charge >= 0.3 is 39.5 Å². The van der Waals surface area contributed by atoms with Crippen LogP contribution < -0.4 is 0 Å². The van der Waals surface area contributed by atoms with Gasteiger partial charge < -0.3 is 33.8 Å². The highest BCUT2D eigenvalue weighted by Crippen LogP contribution is 2.45. The Labute approximate surface area is 582 Å². The summed E-state index contributed by atoms with van der Waals surface area (Å²) in [6.07, 6.45) is 71.3. The van der Waals surface area contributed by atoms with Crippen molar-refractivity contribution in [3.63, 3.8) is 0 Å².